The summed E-state index contributed by atoms with van der Waals surface area (Å²) in [4.78, 5) is 23.1. The van der Waals surface area contributed by atoms with Crippen LogP contribution in [0.15, 0.2) is 42.6 Å². The van der Waals surface area contributed by atoms with Gasteiger partial charge in [-0.05, 0) is 24.3 Å². The summed E-state index contributed by atoms with van der Waals surface area (Å²) in [6.07, 6.45) is 1.70. The van der Waals surface area contributed by atoms with Crippen LogP contribution in [0.4, 0.5) is 0 Å². The van der Waals surface area contributed by atoms with Crippen LogP contribution in [0.3, 0.4) is 0 Å². The lowest BCUT2D eigenvalue weighted by Crippen LogP contribution is -2.00. The molecule has 1 N–H and O–H groups in total. The lowest BCUT2D eigenvalue weighted by molar-refractivity contribution is 0.0601. The van der Waals surface area contributed by atoms with E-state index in [4.69, 9.17) is 0 Å². The fourth-order valence-electron chi connectivity index (χ4n) is 1.86. The van der Waals surface area contributed by atoms with Crippen LogP contribution in [0.25, 0.3) is 22.6 Å². The van der Waals surface area contributed by atoms with E-state index in [1.54, 1.807) is 18.3 Å². The van der Waals surface area contributed by atoms with Gasteiger partial charge in [0.15, 0.2) is 5.65 Å². The molecule has 0 atom stereocenters. The molecule has 3 rings (SSSR count). The van der Waals surface area contributed by atoms with Gasteiger partial charge in [0.2, 0.25) is 0 Å². The average Bonchev–Trinajstić information content (AvgIpc) is 2.90. The van der Waals surface area contributed by atoms with Crippen molar-refractivity contribution in [2.24, 2.45) is 0 Å². The van der Waals surface area contributed by atoms with Crippen LogP contribution >= 0.6 is 0 Å². The van der Waals surface area contributed by atoms with Gasteiger partial charge in [0.1, 0.15) is 5.82 Å². The zero-order valence-electron chi connectivity index (χ0n) is 10.3. The topological polar surface area (TPSA) is 67.9 Å². The number of hydrogen-bond acceptors (Lipinski definition) is 4. The molecule has 3 aromatic rings. The number of aromatic nitrogens is 3. The van der Waals surface area contributed by atoms with Crippen molar-refractivity contribution in [2.45, 2.75) is 0 Å². The molecular formula is C14H11N3O2. The summed E-state index contributed by atoms with van der Waals surface area (Å²) in [5, 5.41) is 0. The summed E-state index contributed by atoms with van der Waals surface area (Å²) in [7, 11) is 1.36. The molecule has 0 saturated carbocycles. The first-order valence-corrected chi connectivity index (χ1v) is 5.77. The largest absolute Gasteiger partial charge is 0.465 e. The highest BCUT2D eigenvalue weighted by Gasteiger charge is 2.08. The molecule has 1 aromatic carbocycles. The Hall–Kier alpha value is -2.69. The normalized spacial score (nSPS) is 10.6. The summed E-state index contributed by atoms with van der Waals surface area (Å²) in [6.45, 7) is 0. The van der Waals surface area contributed by atoms with E-state index in [2.05, 4.69) is 19.7 Å². The molecule has 5 nitrogen and oxygen atoms in total. The first kappa shape index (κ1) is 11.4. The predicted molar refractivity (Wildman–Crippen MR) is 70.7 cm³/mol. The van der Waals surface area contributed by atoms with E-state index < -0.39 is 0 Å². The van der Waals surface area contributed by atoms with Gasteiger partial charge in [-0.2, -0.15) is 0 Å². The Bertz CT molecular complexity index is 699. The Morgan fingerprint density at radius 3 is 2.68 bits per heavy atom. The van der Waals surface area contributed by atoms with Gasteiger partial charge in [-0.15, -0.1) is 0 Å². The highest BCUT2D eigenvalue weighted by atomic mass is 16.5. The maximum absolute atomic E-state index is 11.3. The summed E-state index contributed by atoms with van der Waals surface area (Å²) >= 11 is 0. The number of ether oxygens (including phenoxy) is 1. The van der Waals surface area contributed by atoms with E-state index >= 15 is 0 Å². The molecule has 0 saturated heterocycles. The van der Waals surface area contributed by atoms with E-state index in [0.717, 1.165) is 16.9 Å². The van der Waals surface area contributed by atoms with Crippen molar-refractivity contribution in [1.29, 1.82) is 0 Å². The van der Waals surface area contributed by atoms with Crippen LogP contribution in [0, 0.1) is 0 Å². The maximum Gasteiger partial charge on any atom is 0.337 e. The van der Waals surface area contributed by atoms with Gasteiger partial charge in [-0.25, -0.2) is 14.8 Å². The number of hydrogen-bond donors (Lipinski definition) is 1. The number of nitrogens with zero attached hydrogens (tertiary/aromatic N) is 2. The number of imidazole rings is 1. The van der Waals surface area contributed by atoms with Crippen molar-refractivity contribution in [3.63, 3.8) is 0 Å². The molecule has 94 valence electrons. The smallest absolute Gasteiger partial charge is 0.337 e. The minimum absolute atomic E-state index is 0.349. The first-order valence-electron chi connectivity index (χ1n) is 5.77. The van der Waals surface area contributed by atoms with E-state index in [1.807, 2.05) is 24.3 Å². The van der Waals surface area contributed by atoms with Gasteiger partial charge in [0.05, 0.1) is 18.2 Å². The molecule has 0 aliphatic carbocycles. The average molecular weight is 253 g/mol. The summed E-state index contributed by atoms with van der Waals surface area (Å²) < 4.78 is 4.66. The Balaban J connectivity index is 1.99. The zero-order valence-corrected chi connectivity index (χ0v) is 10.3. The summed E-state index contributed by atoms with van der Waals surface area (Å²) in [5.74, 6) is 0.378. The monoisotopic (exact) mass is 253 g/mol. The lowest BCUT2D eigenvalue weighted by Gasteiger charge is -2.00. The third-order valence-corrected chi connectivity index (χ3v) is 2.84. The van der Waals surface area contributed by atoms with Gasteiger partial charge in [0.25, 0.3) is 0 Å². The summed E-state index contributed by atoms with van der Waals surface area (Å²) in [6, 6.07) is 10.8. The van der Waals surface area contributed by atoms with Gasteiger partial charge in [-0.3, -0.25) is 0 Å². The minimum Gasteiger partial charge on any atom is -0.465 e. The molecular weight excluding hydrogens is 242 g/mol. The van der Waals surface area contributed by atoms with Gasteiger partial charge in [0, 0.05) is 11.8 Å². The quantitative estimate of drug-likeness (QED) is 0.712. The number of methoxy groups -OCH3 is 1. The second kappa shape index (κ2) is 4.53. The van der Waals surface area contributed by atoms with Gasteiger partial charge in [-0.1, -0.05) is 12.1 Å². The Kier molecular flexibility index (Phi) is 2.72. The number of esters is 1. The standard InChI is InChI=1S/C14H11N3O2/c1-19-14(18)10-6-4-9(5-7-10)12-16-11-3-2-8-15-13(11)17-12/h2-8H,1H3,(H,15,16,17). The Labute approximate surface area is 109 Å². The molecule has 5 heteroatoms. The van der Waals surface area contributed by atoms with Gasteiger partial charge < -0.3 is 9.72 Å². The van der Waals surface area contributed by atoms with Crippen molar-refractivity contribution in [3.05, 3.63) is 48.2 Å². The number of pyridine rings is 1. The zero-order chi connectivity index (χ0) is 13.2. The SMILES string of the molecule is COC(=O)c1ccc(-c2nc3ncccc3[nH]2)cc1. The molecule has 0 unspecified atom stereocenters. The number of carbonyl (C=O) groups is 1. The molecule has 0 amide bonds. The Morgan fingerprint density at radius 1 is 1.21 bits per heavy atom. The molecule has 0 radical (unpaired) electrons. The lowest BCUT2D eigenvalue weighted by atomic mass is 10.1. The number of rotatable bonds is 2. The summed E-state index contributed by atoms with van der Waals surface area (Å²) in [5.41, 5.74) is 2.97. The second-order valence-corrected chi connectivity index (χ2v) is 4.03. The number of nitrogens with one attached hydrogen (secondary N) is 1. The number of aromatic amines is 1. The molecule has 19 heavy (non-hydrogen) atoms. The van der Waals surface area contributed by atoms with Gasteiger partial charge >= 0.3 is 5.97 Å². The van der Waals surface area contributed by atoms with Crippen LogP contribution in [0.1, 0.15) is 10.4 Å². The fourth-order valence-corrected chi connectivity index (χ4v) is 1.86. The van der Waals surface area contributed by atoms with E-state index in [9.17, 15) is 4.79 Å². The molecule has 0 fully saturated rings. The third-order valence-electron chi connectivity index (χ3n) is 2.84. The fraction of sp³-hybridized carbons (Fsp3) is 0.0714. The Morgan fingerprint density at radius 2 is 2.00 bits per heavy atom. The van der Waals surface area contributed by atoms with Crippen LogP contribution in [-0.2, 0) is 4.74 Å². The van der Waals surface area contributed by atoms with Crippen LogP contribution in [0.2, 0.25) is 0 Å². The first-order chi connectivity index (χ1) is 9.28. The van der Waals surface area contributed by atoms with E-state index in [0.29, 0.717) is 11.2 Å². The second-order valence-electron chi connectivity index (χ2n) is 4.03. The van der Waals surface area contributed by atoms with Crippen LogP contribution in [-0.4, -0.2) is 28.0 Å². The van der Waals surface area contributed by atoms with E-state index in [-0.39, 0.29) is 5.97 Å². The molecule has 0 aliphatic heterocycles. The van der Waals surface area contributed by atoms with Crippen molar-refractivity contribution in [2.75, 3.05) is 7.11 Å². The predicted octanol–water partition coefficient (Wildman–Crippen LogP) is 2.41. The molecule has 0 aliphatic rings. The minimum atomic E-state index is -0.349. The van der Waals surface area contributed by atoms with Crippen LogP contribution in [0.5, 0.6) is 0 Å². The molecule has 2 heterocycles. The number of H-pyrrole nitrogens is 1. The van der Waals surface area contributed by atoms with Crippen molar-refractivity contribution in [3.8, 4) is 11.4 Å². The van der Waals surface area contributed by atoms with Crippen molar-refractivity contribution >= 4 is 17.1 Å². The molecule has 0 spiro atoms. The maximum atomic E-state index is 11.3. The van der Waals surface area contributed by atoms with Crippen molar-refractivity contribution < 1.29 is 9.53 Å². The highest BCUT2D eigenvalue weighted by Crippen LogP contribution is 2.19. The number of carbonyl (C=O) groups excluding carboxylic acids is 1. The van der Waals surface area contributed by atoms with Crippen LogP contribution < -0.4 is 0 Å². The highest BCUT2D eigenvalue weighted by molar-refractivity contribution is 5.90. The third kappa shape index (κ3) is 2.06. The number of fused-ring (bicyclic) bond motifs is 1. The molecule has 2 aromatic heterocycles. The van der Waals surface area contributed by atoms with Crippen molar-refractivity contribution in [1.82, 2.24) is 15.0 Å². The number of benzene rings is 1. The molecule has 0 bridgehead atoms. The van der Waals surface area contributed by atoms with E-state index in [1.165, 1.54) is 7.11 Å².